The first kappa shape index (κ1) is 16.0. The molecule has 1 heterocycles. The molecule has 1 saturated carbocycles. The van der Waals surface area contributed by atoms with Crippen molar-refractivity contribution in [3.05, 3.63) is 34.6 Å². The molecule has 20 heavy (non-hydrogen) atoms. The fourth-order valence-electron chi connectivity index (χ4n) is 2.94. The van der Waals surface area contributed by atoms with Crippen LogP contribution >= 0.6 is 24.0 Å². The molecule has 5 heteroatoms. The third kappa shape index (κ3) is 3.64. The van der Waals surface area contributed by atoms with Crippen LogP contribution < -0.4 is 5.32 Å². The Morgan fingerprint density at radius 3 is 2.60 bits per heavy atom. The molecule has 1 atom stereocenters. The standard InChI is InChI=1S/C15H20ClFN2.ClH/c16-12-2-1-3-13(17)15(12)14(10-11-4-5-11)19-8-6-18-7-9-19;/h1-3,11,14,18H,4-10H2;1H/t14-;/m1./s1. The smallest absolute Gasteiger partial charge is 0.129 e. The van der Waals surface area contributed by atoms with Crippen molar-refractivity contribution in [3.8, 4) is 0 Å². The predicted octanol–water partition coefficient (Wildman–Crippen LogP) is 3.65. The Morgan fingerprint density at radius 2 is 2.00 bits per heavy atom. The van der Waals surface area contributed by atoms with Crippen LogP contribution in [0.1, 0.15) is 30.9 Å². The summed E-state index contributed by atoms with van der Waals surface area (Å²) >= 11 is 6.27. The quantitative estimate of drug-likeness (QED) is 0.911. The number of hydrogen-bond donors (Lipinski definition) is 1. The highest BCUT2D eigenvalue weighted by molar-refractivity contribution is 6.31. The fourth-order valence-corrected chi connectivity index (χ4v) is 3.23. The minimum absolute atomic E-state index is 0. The zero-order chi connectivity index (χ0) is 13.2. The van der Waals surface area contributed by atoms with E-state index >= 15 is 0 Å². The van der Waals surface area contributed by atoms with Crippen molar-refractivity contribution in [2.75, 3.05) is 26.2 Å². The topological polar surface area (TPSA) is 15.3 Å². The van der Waals surface area contributed by atoms with Crippen LogP contribution in [0.15, 0.2) is 18.2 Å². The lowest BCUT2D eigenvalue weighted by molar-refractivity contribution is 0.157. The lowest BCUT2D eigenvalue weighted by atomic mass is 9.98. The van der Waals surface area contributed by atoms with E-state index in [1.165, 1.54) is 18.9 Å². The highest BCUT2D eigenvalue weighted by Crippen LogP contribution is 2.42. The average molecular weight is 319 g/mol. The molecule has 1 N–H and O–H groups in total. The summed E-state index contributed by atoms with van der Waals surface area (Å²) in [6.45, 7) is 3.91. The lowest BCUT2D eigenvalue weighted by Crippen LogP contribution is -2.45. The monoisotopic (exact) mass is 318 g/mol. The van der Waals surface area contributed by atoms with Gasteiger partial charge in [0.25, 0.3) is 0 Å². The van der Waals surface area contributed by atoms with Crippen LogP contribution in [-0.2, 0) is 0 Å². The number of hydrogen-bond acceptors (Lipinski definition) is 2. The van der Waals surface area contributed by atoms with E-state index < -0.39 is 0 Å². The number of benzene rings is 1. The molecule has 2 aliphatic rings. The number of halogens is 3. The second-order valence-electron chi connectivity index (χ2n) is 5.62. The van der Waals surface area contributed by atoms with Crippen LogP contribution in [-0.4, -0.2) is 31.1 Å². The number of piperazine rings is 1. The summed E-state index contributed by atoms with van der Waals surface area (Å²) in [4.78, 5) is 2.39. The molecule has 1 aromatic rings. The lowest BCUT2D eigenvalue weighted by Gasteiger charge is -2.36. The Bertz CT molecular complexity index is 425. The minimum atomic E-state index is -0.156. The van der Waals surface area contributed by atoms with Gasteiger partial charge in [0.15, 0.2) is 0 Å². The van der Waals surface area contributed by atoms with E-state index in [9.17, 15) is 4.39 Å². The van der Waals surface area contributed by atoms with Crippen molar-refractivity contribution >= 4 is 24.0 Å². The maximum Gasteiger partial charge on any atom is 0.129 e. The van der Waals surface area contributed by atoms with Gasteiger partial charge in [-0.25, -0.2) is 4.39 Å². The molecular weight excluding hydrogens is 298 g/mol. The van der Waals surface area contributed by atoms with Gasteiger partial charge in [-0.1, -0.05) is 30.5 Å². The van der Waals surface area contributed by atoms with Gasteiger partial charge in [-0.15, -0.1) is 12.4 Å². The van der Waals surface area contributed by atoms with E-state index in [1.807, 2.05) is 6.07 Å². The Labute approximate surface area is 131 Å². The van der Waals surface area contributed by atoms with E-state index in [1.54, 1.807) is 6.07 Å². The first-order chi connectivity index (χ1) is 9.25. The molecule has 0 unspecified atom stereocenters. The maximum atomic E-state index is 14.2. The van der Waals surface area contributed by atoms with Gasteiger partial charge >= 0.3 is 0 Å². The summed E-state index contributed by atoms with van der Waals surface area (Å²) in [5.74, 6) is 0.604. The van der Waals surface area contributed by atoms with E-state index in [4.69, 9.17) is 11.6 Å². The van der Waals surface area contributed by atoms with E-state index in [2.05, 4.69) is 10.2 Å². The second-order valence-corrected chi connectivity index (χ2v) is 6.02. The summed E-state index contributed by atoms with van der Waals surface area (Å²) in [5.41, 5.74) is 0.706. The summed E-state index contributed by atoms with van der Waals surface area (Å²) in [6, 6.07) is 5.17. The van der Waals surface area contributed by atoms with Gasteiger partial charge in [0.2, 0.25) is 0 Å². The third-order valence-electron chi connectivity index (χ3n) is 4.18. The molecule has 2 nitrogen and oxygen atoms in total. The Kier molecular flexibility index (Phi) is 5.67. The molecule has 0 spiro atoms. The minimum Gasteiger partial charge on any atom is -0.314 e. The normalized spacial score (nSPS) is 21.3. The predicted molar refractivity (Wildman–Crippen MR) is 83.2 cm³/mol. The molecule has 1 aromatic carbocycles. The summed E-state index contributed by atoms with van der Waals surface area (Å²) in [6.07, 6.45) is 3.62. The van der Waals surface area contributed by atoms with Gasteiger partial charge in [-0.05, 0) is 24.5 Å². The van der Waals surface area contributed by atoms with E-state index in [0.717, 1.165) is 38.5 Å². The van der Waals surface area contributed by atoms with Crippen molar-refractivity contribution < 1.29 is 4.39 Å². The highest BCUT2D eigenvalue weighted by Gasteiger charge is 2.32. The van der Waals surface area contributed by atoms with Crippen LogP contribution in [0.5, 0.6) is 0 Å². The molecule has 0 aromatic heterocycles. The van der Waals surface area contributed by atoms with Crippen LogP contribution in [0.25, 0.3) is 0 Å². The number of nitrogens with one attached hydrogen (secondary N) is 1. The number of rotatable bonds is 4. The molecule has 112 valence electrons. The van der Waals surface area contributed by atoms with Crippen LogP contribution in [0.4, 0.5) is 4.39 Å². The third-order valence-corrected chi connectivity index (χ3v) is 4.51. The van der Waals surface area contributed by atoms with Crippen LogP contribution in [0, 0.1) is 11.7 Å². The molecule has 1 aliphatic carbocycles. The van der Waals surface area contributed by atoms with Gasteiger partial charge < -0.3 is 5.32 Å². The molecule has 1 saturated heterocycles. The molecule has 2 fully saturated rings. The first-order valence-electron chi connectivity index (χ1n) is 7.14. The summed E-state index contributed by atoms with van der Waals surface area (Å²) < 4.78 is 14.2. The van der Waals surface area contributed by atoms with Gasteiger partial charge in [-0.3, -0.25) is 4.90 Å². The zero-order valence-electron chi connectivity index (χ0n) is 11.4. The molecule has 3 rings (SSSR count). The second kappa shape index (κ2) is 7.08. The molecule has 1 aliphatic heterocycles. The van der Waals surface area contributed by atoms with Crippen molar-refractivity contribution in [2.45, 2.75) is 25.3 Å². The van der Waals surface area contributed by atoms with Crippen LogP contribution in [0.3, 0.4) is 0 Å². The molecule has 0 radical (unpaired) electrons. The fraction of sp³-hybridized carbons (Fsp3) is 0.600. The Morgan fingerprint density at radius 1 is 1.30 bits per heavy atom. The van der Waals surface area contributed by atoms with Gasteiger partial charge in [0, 0.05) is 42.8 Å². The van der Waals surface area contributed by atoms with Crippen molar-refractivity contribution in [1.82, 2.24) is 10.2 Å². The van der Waals surface area contributed by atoms with Crippen molar-refractivity contribution in [1.29, 1.82) is 0 Å². The van der Waals surface area contributed by atoms with Gasteiger partial charge in [-0.2, -0.15) is 0 Å². The number of nitrogens with zero attached hydrogens (tertiary/aromatic N) is 1. The van der Waals surface area contributed by atoms with Gasteiger partial charge in [0.1, 0.15) is 5.82 Å². The Balaban J connectivity index is 0.00000147. The van der Waals surface area contributed by atoms with E-state index in [-0.39, 0.29) is 24.3 Å². The summed E-state index contributed by atoms with van der Waals surface area (Å²) in [7, 11) is 0. The largest absolute Gasteiger partial charge is 0.314 e. The first-order valence-corrected chi connectivity index (χ1v) is 7.52. The Hall–Kier alpha value is -0.350. The van der Waals surface area contributed by atoms with E-state index in [0.29, 0.717) is 10.6 Å². The molecular formula is C15H21Cl2FN2. The molecule has 0 bridgehead atoms. The average Bonchev–Trinajstić information content (AvgIpc) is 3.22. The van der Waals surface area contributed by atoms with Gasteiger partial charge in [0.05, 0.1) is 0 Å². The zero-order valence-corrected chi connectivity index (χ0v) is 13.0. The molecule has 0 amide bonds. The highest BCUT2D eigenvalue weighted by atomic mass is 35.5. The maximum absolute atomic E-state index is 14.2. The van der Waals surface area contributed by atoms with Crippen molar-refractivity contribution in [3.63, 3.8) is 0 Å². The SMILES string of the molecule is Cl.Fc1cccc(Cl)c1[C@@H](CC1CC1)N1CCNCC1. The summed E-state index contributed by atoms with van der Waals surface area (Å²) in [5, 5.41) is 3.92. The van der Waals surface area contributed by atoms with Crippen LogP contribution in [0.2, 0.25) is 5.02 Å². The van der Waals surface area contributed by atoms with Crippen molar-refractivity contribution in [2.24, 2.45) is 5.92 Å².